The summed E-state index contributed by atoms with van der Waals surface area (Å²) in [6.07, 6.45) is 5.24. The molecule has 1 N–H and O–H groups in total. The molecule has 0 saturated carbocycles. The van der Waals surface area contributed by atoms with Crippen LogP contribution in [0.15, 0.2) is 30.3 Å². The lowest BCUT2D eigenvalue weighted by atomic mass is 10.1. The van der Waals surface area contributed by atoms with Crippen LogP contribution in [0.1, 0.15) is 38.2 Å². The Kier molecular flexibility index (Phi) is 8.73. The summed E-state index contributed by atoms with van der Waals surface area (Å²) in [6, 6.07) is 10.6. The molecule has 0 saturated heterocycles. The number of rotatable bonds is 10. The lowest BCUT2D eigenvalue weighted by Crippen LogP contribution is -2.20. The van der Waals surface area contributed by atoms with E-state index in [-0.39, 0.29) is 5.97 Å². The van der Waals surface area contributed by atoms with Crippen molar-refractivity contribution in [1.82, 2.24) is 5.32 Å². The van der Waals surface area contributed by atoms with E-state index in [4.69, 9.17) is 4.74 Å². The van der Waals surface area contributed by atoms with Crippen LogP contribution in [0.2, 0.25) is 0 Å². The minimum absolute atomic E-state index is 0.112. The lowest BCUT2D eigenvalue weighted by Gasteiger charge is -2.05. The summed E-state index contributed by atoms with van der Waals surface area (Å²) in [5, 5.41) is 3.27. The van der Waals surface area contributed by atoms with Crippen LogP contribution in [-0.2, 0) is 16.0 Å². The van der Waals surface area contributed by atoms with Crippen LogP contribution in [-0.4, -0.2) is 25.7 Å². The van der Waals surface area contributed by atoms with E-state index < -0.39 is 0 Å². The van der Waals surface area contributed by atoms with Gasteiger partial charge in [0.05, 0.1) is 13.0 Å². The molecule has 0 fully saturated rings. The SMILES string of the molecule is CCOC(=O)CCNCCCCCc1ccccc1. The second kappa shape index (κ2) is 10.6. The van der Waals surface area contributed by atoms with Crippen LogP contribution >= 0.6 is 0 Å². The lowest BCUT2D eigenvalue weighted by molar-refractivity contribution is -0.142. The third-order valence-electron chi connectivity index (χ3n) is 2.97. The van der Waals surface area contributed by atoms with Gasteiger partial charge in [0.25, 0.3) is 0 Å². The van der Waals surface area contributed by atoms with Gasteiger partial charge >= 0.3 is 5.97 Å². The molecule has 0 aliphatic rings. The van der Waals surface area contributed by atoms with Crippen molar-refractivity contribution in [2.45, 2.75) is 39.0 Å². The van der Waals surface area contributed by atoms with Crippen molar-refractivity contribution >= 4 is 5.97 Å². The van der Waals surface area contributed by atoms with Gasteiger partial charge in [-0.25, -0.2) is 0 Å². The van der Waals surface area contributed by atoms with Crippen LogP contribution in [0.5, 0.6) is 0 Å². The molecule has 3 heteroatoms. The summed E-state index contributed by atoms with van der Waals surface area (Å²) in [7, 11) is 0. The van der Waals surface area contributed by atoms with Crippen molar-refractivity contribution in [2.75, 3.05) is 19.7 Å². The van der Waals surface area contributed by atoms with Gasteiger partial charge in [0.15, 0.2) is 0 Å². The molecule has 0 spiro atoms. The number of hydrogen-bond acceptors (Lipinski definition) is 3. The topological polar surface area (TPSA) is 38.3 Å². The van der Waals surface area contributed by atoms with Crippen LogP contribution in [0.4, 0.5) is 0 Å². The van der Waals surface area contributed by atoms with Crippen LogP contribution in [0.25, 0.3) is 0 Å². The maximum atomic E-state index is 11.1. The molecule has 0 aliphatic carbocycles. The Balaban J connectivity index is 1.88. The minimum atomic E-state index is -0.112. The third-order valence-corrected chi connectivity index (χ3v) is 2.97. The van der Waals surface area contributed by atoms with Gasteiger partial charge in [-0.2, -0.15) is 0 Å². The van der Waals surface area contributed by atoms with Crippen molar-refractivity contribution in [3.05, 3.63) is 35.9 Å². The molecular weight excluding hydrogens is 238 g/mol. The van der Waals surface area contributed by atoms with Crippen LogP contribution in [0.3, 0.4) is 0 Å². The monoisotopic (exact) mass is 263 g/mol. The van der Waals surface area contributed by atoms with Gasteiger partial charge in [0, 0.05) is 6.54 Å². The number of ether oxygens (including phenoxy) is 1. The summed E-state index contributed by atoms with van der Waals surface area (Å²) in [5.74, 6) is -0.112. The molecule has 1 aromatic carbocycles. The molecule has 0 aliphatic heterocycles. The van der Waals surface area contributed by atoms with Crippen LogP contribution < -0.4 is 5.32 Å². The maximum Gasteiger partial charge on any atom is 0.307 e. The number of hydrogen-bond donors (Lipinski definition) is 1. The summed E-state index contributed by atoms with van der Waals surface area (Å²) in [4.78, 5) is 11.1. The van der Waals surface area contributed by atoms with Crippen molar-refractivity contribution in [3.8, 4) is 0 Å². The zero-order valence-electron chi connectivity index (χ0n) is 11.9. The van der Waals surface area contributed by atoms with E-state index >= 15 is 0 Å². The van der Waals surface area contributed by atoms with Gasteiger partial charge in [-0.15, -0.1) is 0 Å². The molecule has 3 nitrogen and oxygen atoms in total. The number of aryl methyl sites for hydroxylation is 1. The molecular formula is C16H25NO2. The van der Waals surface area contributed by atoms with Gasteiger partial charge in [-0.1, -0.05) is 36.8 Å². The number of nitrogens with one attached hydrogen (secondary N) is 1. The van der Waals surface area contributed by atoms with E-state index in [2.05, 4.69) is 35.6 Å². The quantitative estimate of drug-likeness (QED) is 0.521. The van der Waals surface area contributed by atoms with Gasteiger partial charge in [-0.05, 0) is 38.3 Å². The van der Waals surface area contributed by atoms with E-state index in [0.717, 1.165) is 25.9 Å². The molecule has 0 radical (unpaired) electrons. The second-order valence-electron chi connectivity index (χ2n) is 4.60. The Labute approximate surface area is 116 Å². The van der Waals surface area contributed by atoms with Crippen molar-refractivity contribution in [1.29, 1.82) is 0 Å². The highest BCUT2D eigenvalue weighted by Gasteiger charge is 1.99. The number of carbonyl (C=O) groups is 1. The normalized spacial score (nSPS) is 10.4. The zero-order valence-corrected chi connectivity index (χ0v) is 11.9. The van der Waals surface area contributed by atoms with E-state index in [9.17, 15) is 4.79 Å². The molecule has 0 aromatic heterocycles. The van der Waals surface area contributed by atoms with Gasteiger partial charge < -0.3 is 10.1 Å². The average molecular weight is 263 g/mol. The van der Waals surface area contributed by atoms with Crippen molar-refractivity contribution in [2.24, 2.45) is 0 Å². The minimum Gasteiger partial charge on any atom is -0.466 e. The molecule has 1 aromatic rings. The van der Waals surface area contributed by atoms with E-state index in [1.54, 1.807) is 0 Å². The Morgan fingerprint density at radius 3 is 2.63 bits per heavy atom. The molecule has 1 rings (SSSR count). The summed E-state index contributed by atoms with van der Waals surface area (Å²) in [5.41, 5.74) is 1.41. The van der Waals surface area contributed by atoms with Gasteiger partial charge in [-0.3, -0.25) is 4.79 Å². The largest absolute Gasteiger partial charge is 0.466 e. The fourth-order valence-electron chi connectivity index (χ4n) is 1.95. The summed E-state index contributed by atoms with van der Waals surface area (Å²) < 4.78 is 4.86. The maximum absolute atomic E-state index is 11.1. The Bertz CT molecular complexity index is 338. The number of carbonyl (C=O) groups excluding carboxylic acids is 1. The van der Waals surface area contributed by atoms with E-state index in [1.807, 2.05) is 6.92 Å². The summed E-state index contributed by atoms with van der Waals surface area (Å²) >= 11 is 0. The number of esters is 1. The molecule has 0 amide bonds. The summed E-state index contributed by atoms with van der Waals surface area (Å²) in [6.45, 7) is 4.00. The first-order valence-corrected chi connectivity index (χ1v) is 7.23. The van der Waals surface area contributed by atoms with Crippen molar-refractivity contribution in [3.63, 3.8) is 0 Å². The standard InChI is InChI=1S/C16H25NO2/c1-2-19-16(18)12-14-17-13-8-4-7-11-15-9-5-3-6-10-15/h3,5-6,9-10,17H,2,4,7-8,11-14H2,1H3. The van der Waals surface area contributed by atoms with Crippen molar-refractivity contribution < 1.29 is 9.53 Å². The highest BCUT2D eigenvalue weighted by molar-refractivity contribution is 5.69. The number of benzene rings is 1. The predicted octanol–water partition coefficient (Wildman–Crippen LogP) is 2.94. The zero-order chi connectivity index (χ0) is 13.8. The smallest absolute Gasteiger partial charge is 0.307 e. The first-order chi connectivity index (χ1) is 9.33. The second-order valence-corrected chi connectivity index (χ2v) is 4.60. The fourth-order valence-corrected chi connectivity index (χ4v) is 1.95. The molecule has 0 unspecified atom stereocenters. The highest BCUT2D eigenvalue weighted by Crippen LogP contribution is 2.05. The molecule has 0 bridgehead atoms. The highest BCUT2D eigenvalue weighted by atomic mass is 16.5. The molecule has 0 atom stereocenters. The Hall–Kier alpha value is -1.35. The van der Waals surface area contributed by atoms with E-state index in [0.29, 0.717) is 13.0 Å². The Morgan fingerprint density at radius 1 is 1.11 bits per heavy atom. The first kappa shape index (κ1) is 15.7. The van der Waals surface area contributed by atoms with E-state index in [1.165, 1.54) is 18.4 Å². The average Bonchev–Trinajstić information content (AvgIpc) is 2.43. The van der Waals surface area contributed by atoms with Gasteiger partial charge in [0.2, 0.25) is 0 Å². The molecule has 106 valence electrons. The first-order valence-electron chi connectivity index (χ1n) is 7.23. The molecule has 0 heterocycles. The predicted molar refractivity (Wildman–Crippen MR) is 78.1 cm³/mol. The number of unbranched alkanes of at least 4 members (excludes halogenated alkanes) is 2. The van der Waals surface area contributed by atoms with Gasteiger partial charge in [0.1, 0.15) is 0 Å². The third kappa shape index (κ3) is 8.38. The Morgan fingerprint density at radius 2 is 1.89 bits per heavy atom. The fraction of sp³-hybridized carbons (Fsp3) is 0.562. The van der Waals surface area contributed by atoms with Crippen LogP contribution in [0, 0.1) is 0 Å². The molecule has 19 heavy (non-hydrogen) atoms.